The maximum absolute atomic E-state index is 11.3. The molecule has 1 heterocycles. The molecule has 1 atom stereocenters. The number of rotatable bonds is 2. The van der Waals surface area contributed by atoms with Crippen LogP contribution in [0.5, 0.6) is 0 Å². The molecule has 0 radical (unpaired) electrons. The Morgan fingerprint density at radius 2 is 2.15 bits per heavy atom. The lowest BCUT2D eigenvalue weighted by Crippen LogP contribution is -2.50. The second-order valence-electron chi connectivity index (χ2n) is 3.13. The Labute approximate surface area is 82.0 Å². The van der Waals surface area contributed by atoms with Gasteiger partial charge < -0.3 is 10.6 Å². The van der Waals surface area contributed by atoms with Crippen LogP contribution in [0.1, 0.15) is 19.3 Å². The lowest BCUT2D eigenvalue weighted by atomic mass is 10.0. The highest BCUT2D eigenvalue weighted by atomic mass is 35.5. The van der Waals surface area contributed by atoms with Crippen LogP contribution in [0.25, 0.3) is 0 Å². The lowest BCUT2D eigenvalue weighted by Gasteiger charge is -2.33. The van der Waals surface area contributed by atoms with E-state index in [4.69, 9.17) is 17.3 Å². The van der Waals surface area contributed by atoms with E-state index in [9.17, 15) is 9.59 Å². The topological polar surface area (TPSA) is 63.4 Å². The van der Waals surface area contributed by atoms with Gasteiger partial charge in [0.2, 0.25) is 11.8 Å². The summed E-state index contributed by atoms with van der Waals surface area (Å²) in [6, 6.07) is -0.444. The van der Waals surface area contributed by atoms with Crippen molar-refractivity contribution < 1.29 is 9.59 Å². The van der Waals surface area contributed by atoms with Crippen molar-refractivity contribution in [1.29, 1.82) is 0 Å². The molecule has 0 bridgehead atoms. The van der Waals surface area contributed by atoms with E-state index < -0.39 is 11.9 Å². The Kier molecular flexibility index (Phi) is 3.54. The van der Waals surface area contributed by atoms with E-state index in [2.05, 4.69) is 0 Å². The molecule has 0 spiro atoms. The molecule has 1 saturated heterocycles. The number of primary amides is 1. The zero-order valence-corrected chi connectivity index (χ0v) is 8.09. The molecule has 2 amide bonds. The standard InChI is InChI=1S/C8H13ClN2O2/c9-5-7(12)11-4-2-1-3-6(11)8(10)13/h6H,1-5H2,(H2,10,13). The Bertz CT molecular complexity index is 220. The number of hydrogen-bond donors (Lipinski definition) is 1. The molecule has 13 heavy (non-hydrogen) atoms. The van der Waals surface area contributed by atoms with Crippen LogP contribution in [0, 0.1) is 0 Å². The molecular weight excluding hydrogens is 192 g/mol. The highest BCUT2D eigenvalue weighted by molar-refractivity contribution is 6.27. The van der Waals surface area contributed by atoms with Gasteiger partial charge in [-0.2, -0.15) is 0 Å². The highest BCUT2D eigenvalue weighted by Gasteiger charge is 2.29. The fourth-order valence-electron chi connectivity index (χ4n) is 1.60. The zero-order chi connectivity index (χ0) is 9.84. The van der Waals surface area contributed by atoms with Crippen LogP contribution in [0.2, 0.25) is 0 Å². The first-order chi connectivity index (χ1) is 6.16. The summed E-state index contributed by atoms with van der Waals surface area (Å²) in [5.41, 5.74) is 5.17. The van der Waals surface area contributed by atoms with Crippen molar-refractivity contribution in [2.24, 2.45) is 5.73 Å². The van der Waals surface area contributed by atoms with Gasteiger partial charge >= 0.3 is 0 Å². The number of carbonyl (C=O) groups is 2. The molecule has 5 heteroatoms. The SMILES string of the molecule is NC(=O)C1CCCCN1C(=O)CCl. The number of carbonyl (C=O) groups excluding carboxylic acids is 2. The Hall–Kier alpha value is -0.770. The van der Waals surface area contributed by atoms with Gasteiger partial charge in [0.1, 0.15) is 11.9 Å². The third kappa shape index (κ3) is 2.34. The van der Waals surface area contributed by atoms with Crippen molar-refractivity contribution in [1.82, 2.24) is 4.90 Å². The van der Waals surface area contributed by atoms with Crippen LogP contribution in [-0.2, 0) is 9.59 Å². The summed E-state index contributed by atoms with van der Waals surface area (Å²) in [6.07, 6.45) is 2.53. The van der Waals surface area contributed by atoms with Crippen molar-refractivity contribution in [3.63, 3.8) is 0 Å². The van der Waals surface area contributed by atoms with Gasteiger partial charge in [0.25, 0.3) is 0 Å². The quantitative estimate of drug-likeness (QED) is 0.648. The van der Waals surface area contributed by atoms with E-state index in [-0.39, 0.29) is 11.8 Å². The smallest absolute Gasteiger partial charge is 0.240 e. The maximum atomic E-state index is 11.3. The van der Waals surface area contributed by atoms with Crippen molar-refractivity contribution in [2.75, 3.05) is 12.4 Å². The van der Waals surface area contributed by atoms with E-state index in [1.54, 1.807) is 0 Å². The monoisotopic (exact) mass is 204 g/mol. The normalized spacial score (nSPS) is 22.8. The highest BCUT2D eigenvalue weighted by Crippen LogP contribution is 2.16. The second-order valence-corrected chi connectivity index (χ2v) is 3.40. The molecule has 0 saturated carbocycles. The average Bonchev–Trinajstić information content (AvgIpc) is 2.16. The van der Waals surface area contributed by atoms with Gasteiger partial charge in [-0.1, -0.05) is 0 Å². The van der Waals surface area contributed by atoms with Gasteiger partial charge in [-0.05, 0) is 19.3 Å². The molecular formula is C8H13ClN2O2. The summed E-state index contributed by atoms with van der Waals surface area (Å²) in [7, 11) is 0. The van der Waals surface area contributed by atoms with E-state index >= 15 is 0 Å². The number of piperidine rings is 1. The van der Waals surface area contributed by atoms with Crippen LogP contribution in [0.15, 0.2) is 0 Å². The van der Waals surface area contributed by atoms with Crippen LogP contribution in [0.4, 0.5) is 0 Å². The molecule has 4 nitrogen and oxygen atoms in total. The summed E-state index contributed by atoms with van der Waals surface area (Å²) in [5.74, 6) is -0.715. The lowest BCUT2D eigenvalue weighted by molar-refractivity contribution is -0.139. The number of hydrogen-bond acceptors (Lipinski definition) is 2. The third-order valence-corrected chi connectivity index (χ3v) is 2.49. The Morgan fingerprint density at radius 1 is 1.46 bits per heavy atom. The van der Waals surface area contributed by atoms with Gasteiger partial charge in [-0.15, -0.1) is 11.6 Å². The molecule has 1 fully saturated rings. The number of likely N-dealkylation sites (tertiary alicyclic amines) is 1. The second kappa shape index (κ2) is 4.46. The number of halogens is 1. The summed E-state index contributed by atoms with van der Waals surface area (Å²) in [4.78, 5) is 23.7. The van der Waals surface area contributed by atoms with Gasteiger partial charge in [-0.3, -0.25) is 9.59 Å². The van der Waals surface area contributed by atoms with Crippen LogP contribution >= 0.6 is 11.6 Å². The van der Waals surface area contributed by atoms with Gasteiger partial charge in [0.15, 0.2) is 0 Å². The average molecular weight is 205 g/mol. The Balaban J connectivity index is 2.67. The van der Waals surface area contributed by atoms with Crippen molar-refractivity contribution in [2.45, 2.75) is 25.3 Å². The predicted molar refractivity (Wildman–Crippen MR) is 49.3 cm³/mol. The largest absolute Gasteiger partial charge is 0.368 e. The summed E-state index contributed by atoms with van der Waals surface area (Å²) >= 11 is 5.41. The van der Waals surface area contributed by atoms with Crippen LogP contribution in [0.3, 0.4) is 0 Å². The fraction of sp³-hybridized carbons (Fsp3) is 0.750. The predicted octanol–water partition coefficient (Wildman–Crippen LogP) is 0.0916. The minimum atomic E-state index is -0.444. The van der Waals surface area contributed by atoms with Crippen LogP contribution < -0.4 is 5.73 Å². The first-order valence-electron chi connectivity index (χ1n) is 4.31. The molecule has 2 N–H and O–H groups in total. The first kappa shape index (κ1) is 10.3. The molecule has 0 aliphatic carbocycles. The van der Waals surface area contributed by atoms with E-state index in [0.717, 1.165) is 12.8 Å². The molecule has 0 aromatic rings. The van der Waals surface area contributed by atoms with E-state index in [1.807, 2.05) is 0 Å². The summed E-state index contributed by atoms with van der Waals surface area (Å²) in [6.45, 7) is 0.596. The minimum absolute atomic E-state index is 0.0796. The molecule has 1 aliphatic heterocycles. The molecule has 1 rings (SSSR count). The zero-order valence-electron chi connectivity index (χ0n) is 7.33. The molecule has 74 valence electrons. The maximum Gasteiger partial charge on any atom is 0.240 e. The third-order valence-electron chi connectivity index (χ3n) is 2.27. The van der Waals surface area contributed by atoms with Gasteiger partial charge in [0.05, 0.1) is 0 Å². The van der Waals surface area contributed by atoms with E-state index in [1.165, 1.54) is 4.90 Å². The minimum Gasteiger partial charge on any atom is -0.368 e. The number of amides is 2. The fourth-order valence-corrected chi connectivity index (χ4v) is 1.76. The molecule has 1 unspecified atom stereocenters. The number of nitrogens with zero attached hydrogens (tertiary/aromatic N) is 1. The molecule has 1 aliphatic rings. The van der Waals surface area contributed by atoms with Gasteiger partial charge in [0, 0.05) is 6.54 Å². The molecule has 0 aromatic carbocycles. The number of nitrogens with two attached hydrogens (primary N) is 1. The van der Waals surface area contributed by atoms with E-state index in [0.29, 0.717) is 13.0 Å². The summed E-state index contributed by atoms with van der Waals surface area (Å²) < 4.78 is 0. The van der Waals surface area contributed by atoms with Gasteiger partial charge in [-0.25, -0.2) is 0 Å². The van der Waals surface area contributed by atoms with Crippen molar-refractivity contribution >= 4 is 23.4 Å². The molecule has 0 aromatic heterocycles. The van der Waals surface area contributed by atoms with Crippen molar-refractivity contribution in [3.05, 3.63) is 0 Å². The first-order valence-corrected chi connectivity index (χ1v) is 4.85. The summed E-state index contributed by atoms with van der Waals surface area (Å²) in [5, 5.41) is 0. The van der Waals surface area contributed by atoms with Crippen molar-refractivity contribution in [3.8, 4) is 0 Å². The number of alkyl halides is 1. The van der Waals surface area contributed by atoms with Crippen LogP contribution in [-0.4, -0.2) is 35.2 Å². The Morgan fingerprint density at radius 3 is 2.69 bits per heavy atom.